The van der Waals surface area contributed by atoms with Crippen molar-refractivity contribution >= 4 is 37.8 Å². The van der Waals surface area contributed by atoms with Crippen molar-refractivity contribution in [2.45, 2.75) is 30.5 Å². The first kappa shape index (κ1) is 23.0. The maximum absolute atomic E-state index is 12.4. The van der Waals surface area contributed by atoms with Gasteiger partial charge in [-0.05, 0) is 36.8 Å². The number of esters is 1. The molecule has 0 aliphatic carbocycles. The quantitative estimate of drug-likeness (QED) is 0.461. The van der Waals surface area contributed by atoms with Crippen molar-refractivity contribution in [1.82, 2.24) is 10.0 Å². The van der Waals surface area contributed by atoms with Gasteiger partial charge in [0.1, 0.15) is 6.04 Å². The maximum Gasteiger partial charge on any atom is 0.327 e. The molecule has 0 heterocycles. The highest BCUT2D eigenvalue weighted by molar-refractivity contribution is 9.10. The largest absolute Gasteiger partial charge is 0.451 e. The van der Waals surface area contributed by atoms with E-state index in [1.165, 1.54) is 31.2 Å². The Morgan fingerprint density at radius 3 is 2.31 bits per heavy atom. The van der Waals surface area contributed by atoms with Gasteiger partial charge in [-0.25, -0.2) is 8.42 Å². The van der Waals surface area contributed by atoms with Crippen LogP contribution in [0.25, 0.3) is 0 Å². The number of aliphatic hydroxyl groups is 1. The highest BCUT2D eigenvalue weighted by Crippen LogP contribution is 2.15. The lowest BCUT2D eigenvalue weighted by atomic mass is 10.2. The first-order valence-electron chi connectivity index (χ1n) is 8.64. The lowest BCUT2D eigenvalue weighted by Gasteiger charge is -2.19. The molecular formula is C19H21BrN2O6S. The molecule has 2 aromatic rings. The molecule has 1 amide bonds. The van der Waals surface area contributed by atoms with Crippen molar-refractivity contribution in [3.8, 4) is 0 Å². The van der Waals surface area contributed by atoms with Crippen molar-refractivity contribution in [3.05, 3.63) is 64.6 Å². The van der Waals surface area contributed by atoms with E-state index >= 15 is 0 Å². The van der Waals surface area contributed by atoms with Crippen LogP contribution in [0, 0.1) is 0 Å². The van der Waals surface area contributed by atoms with Crippen LogP contribution >= 0.6 is 15.9 Å². The fourth-order valence-electron chi connectivity index (χ4n) is 2.27. The van der Waals surface area contributed by atoms with Gasteiger partial charge in [0.05, 0.1) is 11.5 Å². The van der Waals surface area contributed by atoms with Gasteiger partial charge in [0.25, 0.3) is 5.91 Å². The number of ether oxygens (including phenoxy) is 1. The summed E-state index contributed by atoms with van der Waals surface area (Å²) < 4.78 is 32.5. The molecule has 156 valence electrons. The third-order valence-electron chi connectivity index (χ3n) is 3.86. The van der Waals surface area contributed by atoms with Crippen LogP contribution in [0.15, 0.2) is 64.0 Å². The highest BCUT2D eigenvalue weighted by atomic mass is 79.9. The minimum Gasteiger partial charge on any atom is -0.451 e. The number of hydrogen-bond acceptors (Lipinski definition) is 6. The van der Waals surface area contributed by atoms with Gasteiger partial charge in [0, 0.05) is 11.0 Å². The Labute approximate surface area is 177 Å². The zero-order valence-corrected chi connectivity index (χ0v) is 17.9. The molecule has 10 heteroatoms. The van der Waals surface area contributed by atoms with Crippen LogP contribution in [0.2, 0.25) is 0 Å². The highest BCUT2D eigenvalue weighted by Gasteiger charge is 2.29. The van der Waals surface area contributed by atoms with Crippen molar-refractivity contribution in [3.63, 3.8) is 0 Å². The van der Waals surface area contributed by atoms with E-state index in [1.807, 2.05) is 30.3 Å². The zero-order valence-electron chi connectivity index (χ0n) is 15.5. The summed E-state index contributed by atoms with van der Waals surface area (Å²) in [4.78, 5) is 24.3. The van der Waals surface area contributed by atoms with E-state index in [-0.39, 0.29) is 11.4 Å². The fraction of sp³-hybridized carbons (Fsp3) is 0.263. The summed E-state index contributed by atoms with van der Waals surface area (Å²) in [5.74, 6) is -1.61. The molecule has 0 unspecified atom stereocenters. The summed E-state index contributed by atoms with van der Waals surface area (Å²) in [6.07, 6.45) is -1.17. The molecule has 0 aliphatic heterocycles. The number of aliphatic hydroxyl groups excluding tert-OH is 1. The van der Waals surface area contributed by atoms with E-state index in [4.69, 9.17) is 4.74 Å². The molecule has 0 fully saturated rings. The number of sulfonamides is 1. The Kier molecular flexibility index (Phi) is 8.32. The second-order valence-electron chi connectivity index (χ2n) is 6.09. The molecule has 0 aromatic heterocycles. The molecule has 0 spiro atoms. The molecule has 0 bridgehead atoms. The van der Waals surface area contributed by atoms with Crippen LogP contribution in [0.5, 0.6) is 0 Å². The molecule has 0 aliphatic rings. The van der Waals surface area contributed by atoms with Gasteiger partial charge in [-0.15, -0.1) is 0 Å². The third-order valence-corrected chi connectivity index (χ3v) is 5.88. The van der Waals surface area contributed by atoms with Gasteiger partial charge < -0.3 is 15.2 Å². The SMILES string of the molecule is C[C@H](OC(=O)[C@@H](CO)NS(=O)(=O)c1ccc(Br)cc1)C(=O)NCc1ccccc1. The van der Waals surface area contributed by atoms with Crippen LogP contribution in [0.1, 0.15) is 12.5 Å². The summed E-state index contributed by atoms with van der Waals surface area (Å²) in [6.45, 7) is 0.782. The topological polar surface area (TPSA) is 122 Å². The zero-order chi connectivity index (χ0) is 21.4. The second kappa shape index (κ2) is 10.5. The van der Waals surface area contributed by atoms with Gasteiger partial charge in [0.2, 0.25) is 10.0 Å². The second-order valence-corrected chi connectivity index (χ2v) is 8.72. The van der Waals surface area contributed by atoms with Crippen molar-refractivity contribution in [2.24, 2.45) is 0 Å². The van der Waals surface area contributed by atoms with Gasteiger partial charge in [-0.1, -0.05) is 46.3 Å². The predicted molar refractivity (Wildman–Crippen MR) is 109 cm³/mol. The minimum absolute atomic E-state index is 0.0828. The molecule has 8 nitrogen and oxygen atoms in total. The van der Waals surface area contributed by atoms with E-state index in [0.717, 1.165) is 5.56 Å². The van der Waals surface area contributed by atoms with E-state index < -0.39 is 40.7 Å². The monoisotopic (exact) mass is 484 g/mol. The Morgan fingerprint density at radius 1 is 1.10 bits per heavy atom. The predicted octanol–water partition coefficient (Wildman–Crippen LogP) is 1.34. The van der Waals surface area contributed by atoms with Gasteiger partial charge in [-0.2, -0.15) is 4.72 Å². The van der Waals surface area contributed by atoms with Crippen LogP contribution in [0.4, 0.5) is 0 Å². The van der Waals surface area contributed by atoms with Crippen LogP contribution < -0.4 is 10.0 Å². The van der Waals surface area contributed by atoms with E-state index in [9.17, 15) is 23.1 Å². The molecule has 2 rings (SSSR count). The normalized spacial score (nSPS) is 13.3. The van der Waals surface area contributed by atoms with Crippen molar-refractivity contribution < 1.29 is 27.9 Å². The van der Waals surface area contributed by atoms with Gasteiger partial charge in [-0.3, -0.25) is 9.59 Å². The van der Waals surface area contributed by atoms with Crippen LogP contribution in [-0.2, 0) is 30.9 Å². The average Bonchev–Trinajstić information content (AvgIpc) is 2.71. The third kappa shape index (κ3) is 6.93. The molecule has 0 radical (unpaired) electrons. The molecule has 2 atom stereocenters. The standard InChI is InChI=1S/C19H21BrN2O6S/c1-13(18(24)21-11-14-5-3-2-4-6-14)28-19(25)17(12-23)22-29(26,27)16-9-7-15(20)8-10-16/h2-10,13,17,22-23H,11-12H2,1H3,(H,21,24)/t13-,17+/m0/s1. The Bertz CT molecular complexity index is 935. The Morgan fingerprint density at radius 2 is 1.72 bits per heavy atom. The van der Waals surface area contributed by atoms with Crippen molar-refractivity contribution in [2.75, 3.05) is 6.61 Å². The molecule has 29 heavy (non-hydrogen) atoms. The summed E-state index contributed by atoms with van der Waals surface area (Å²) >= 11 is 3.20. The number of nitrogens with one attached hydrogen (secondary N) is 2. The first-order valence-corrected chi connectivity index (χ1v) is 10.9. The molecule has 0 saturated carbocycles. The number of rotatable bonds is 9. The molecule has 3 N–H and O–H groups in total. The number of amides is 1. The number of benzene rings is 2. The summed E-state index contributed by atoms with van der Waals surface area (Å²) in [5, 5.41) is 12.0. The molecule has 0 saturated heterocycles. The van der Waals surface area contributed by atoms with Gasteiger partial charge >= 0.3 is 5.97 Å². The minimum atomic E-state index is -4.07. The smallest absolute Gasteiger partial charge is 0.327 e. The number of hydrogen-bond donors (Lipinski definition) is 3. The number of halogens is 1. The molecule has 2 aromatic carbocycles. The van der Waals surface area contributed by atoms with Crippen molar-refractivity contribution in [1.29, 1.82) is 0 Å². The van der Waals surface area contributed by atoms with E-state index in [1.54, 1.807) is 0 Å². The van der Waals surface area contributed by atoms with E-state index in [0.29, 0.717) is 4.47 Å². The van der Waals surface area contributed by atoms with E-state index in [2.05, 4.69) is 26.0 Å². The lowest BCUT2D eigenvalue weighted by molar-refractivity contribution is -0.157. The summed E-state index contributed by atoms with van der Waals surface area (Å²) in [7, 11) is -4.07. The number of carbonyl (C=O) groups is 2. The molecular weight excluding hydrogens is 464 g/mol. The van der Waals surface area contributed by atoms with Crippen LogP contribution in [0.3, 0.4) is 0 Å². The number of carbonyl (C=O) groups excluding carboxylic acids is 2. The maximum atomic E-state index is 12.4. The van der Waals surface area contributed by atoms with Gasteiger partial charge in [0.15, 0.2) is 6.10 Å². The summed E-state index contributed by atoms with van der Waals surface area (Å²) in [6, 6.07) is 13.3. The Hall–Kier alpha value is -2.27. The average molecular weight is 485 g/mol. The lowest BCUT2D eigenvalue weighted by Crippen LogP contribution is -2.46. The fourth-order valence-corrected chi connectivity index (χ4v) is 3.71. The first-order chi connectivity index (χ1) is 13.7. The van der Waals surface area contributed by atoms with Crippen LogP contribution in [-0.4, -0.2) is 44.2 Å². The summed E-state index contributed by atoms with van der Waals surface area (Å²) in [5.41, 5.74) is 0.870. The Balaban J connectivity index is 1.94.